The molecule has 3 nitrogen and oxygen atoms in total. The first kappa shape index (κ1) is 15.8. The van der Waals surface area contributed by atoms with Crippen molar-refractivity contribution >= 4 is 5.97 Å². The third-order valence-corrected chi connectivity index (χ3v) is 5.76. The molecule has 1 saturated carbocycles. The van der Waals surface area contributed by atoms with Crippen molar-refractivity contribution in [3.63, 3.8) is 0 Å². The SMILES string of the molecule is CCCC1(C(=O)O)CCN(C2CCC(C)(C)CC2)CC1. The fourth-order valence-corrected chi connectivity index (χ4v) is 4.12. The van der Waals surface area contributed by atoms with Gasteiger partial charge in [-0.15, -0.1) is 0 Å². The van der Waals surface area contributed by atoms with Gasteiger partial charge in [0.2, 0.25) is 0 Å². The lowest BCUT2D eigenvalue weighted by atomic mass is 9.72. The van der Waals surface area contributed by atoms with E-state index in [-0.39, 0.29) is 0 Å². The summed E-state index contributed by atoms with van der Waals surface area (Å²) in [4.78, 5) is 14.2. The zero-order valence-electron chi connectivity index (χ0n) is 13.5. The smallest absolute Gasteiger partial charge is 0.309 e. The lowest BCUT2D eigenvalue weighted by Crippen LogP contribution is -2.49. The van der Waals surface area contributed by atoms with Gasteiger partial charge < -0.3 is 10.0 Å². The van der Waals surface area contributed by atoms with Crippen LogP contribution in [-0.2, 0) is 4.79 Å². The first-order chi connectivity index (χ1) is 9.38. The van der Waals surface area contributed by atoms with Crippen LogP contribution in [0.3, 0.4) is 0 Å². The van der Waals surface area contributed by atoms with E-state index in [0.717, 1.165) is 38.8 Å². The number of hydrogen-bond donors (Lipinski definition) is 1. The Labute approximate surface area is 123 Å². The second kappa shape index (κ2) is 6.05. The van der Waals surface area contributed by atoms with Gasteiger partial charge in [0.1, 0.15) is 0 Å². The molecule has 0 amide bonds. The topological polar surface area (TPSA) is 40.5 Å². The molecule has 116 valence electrons. The monoisotopic (exact) mass is 281 g/mol. The number of carboxylic acid groups (broad SMARTS) is 1. The van der Waals surface area contributed by atoms with Crippen molar-refractivity contribution in [1.29, 1.82) is 0 Å². The quantitative estimate of drug-likeness (QED) is 0.849. The average Bonchev–Trinajstić information content (AvgIpc) is 2.40. The summed E-state index contributed by atoms with van der Waals surface area (Å²) in [5, 5.41) is 9.57. The first-order valence-electron chi connectivity index (χ1n) is 8.36. The molecule has 0 bridgehead atoms. The molecule has 0 spiro atoms. The van der Waals surface area contributed by atoms with E-state index in [0.29, 0.717) is 11.5 Å². The van der Waals surface area contributed by atoms with Crippen LogP contribution in [0.15, 0.2) is 0 Å². The van der Waals surface area contributed by atoms with E-state index in [4.69, 9.17) is 0 Å². The standard InChI is InChI=1S/C17H31NO2/c1-4-7-17(15(19)20)10-12-18(13-11-17)14-5-8-16(2,3)9-6-14/h14H,4-13H2,1-3H3,(H,19,20). The maximum atomic E-state index is 11.6. The Kier molecular flexibility index (Phi) is 4.78. The Morgan fingerprint density at radius 1 is 1.15 bits per heavy atom. The van der Waals surface area contributed by atoms with Crippen LogP contribution in [0.5, 0.6) is 0 Å². The number of hydrogen-bond acceptors (Lipinski definition) is 2. The van der Waals surface area contributed by atoms with Crippen LogP contribution in [0.1, 0.15) is 72.1 Å². The molecule has 1 heterocycles. The molecule has 0 aromatic carbocycles. The van der Waals surface area contributed by atoms with Gasteiger partial charge in [-0.25, -0.2) is 0 Å². The number of nitrogens with zero attached hydrogens (tertiary/aromatic N) is 1. The fourth-order valence-electron chi connectivity index (χ4n) is 4.12. The maximum absolute atomic E-state index is 11.6. The molecular weight excluding hydrogens is 250 g/mol. The minimum atomic E-state index is -0.566. The highest BCUT2D eigenvalue weighted by atomic mass is 16.4. The van der Waals surface area contributed by atoms with Gasteiger partial charge in [-0.2, -0.15) is 0 Å². The third-order valence-electron chi connectivity index (χ3n) is 5.76. The van der Waals surface area contributed by atoms with Gasteiger partial charge >= 0.3 is 5.97 Å². The molecule has 0 atom stereocenters. The van der Waals surface area contributed by atoms with Crippen molar-refractivity contribution in [2.45, 2.75) is 78.2 Å². The molecular formula is C17H31NO2. The van der Waals surface area contributed by atoms with Crippen LogP contribution >= 0.6 is 0 Å². The highest BCUT2D eigenvalue weighted by molar-refractivity contribution is 5.74. The zero-order valence-corrected chi connectivity index (χ0v) is 13.5. The second-order valence-electron chi connectivity index (χ2n) is 7.77. The lowest BCUT2D eigenvalue weighted by Gasteiger charge is -2.45. The number of carbonyl (C=O) groups is 1. The Morgan fingerprint density at radius 3 is 2.15 bits per heavy atom. The molecule has 0 aromatic heterocycles. The molecule has 1 N–H and O–H groups in total. The highest BCUT2D eigenvalue weighted by Gasteiger charge is 2.42. The van der Waals surface area contributed by atoms with Gasteiger partial charge in [0.15, 0.2) is 0 Å². The molecule has 2 fully saturated rings. The lowest BCUT2D eigenvalue weighted by molar-refractivity contribution is -0.153. The number of piperidine rings is 1. The fraction of sp³-hybridized carbons (Fsp3) is 0.941. The summed E-state index contributed by atoms with van der Waals surface area (Å²) in [5.41, 5.74) is 0.0819. The van der Waals surface area contributed by atoms with Crippen LogP contribution < -0.4 is 0 Å². The minimum absolute atomic E-state index is 0.431. The van der Waals surface area contributed by atoms with Crippen molar-refractivity contribution in [2.75, 3.05) is 13.1 Å². The number of likely N-dealkylation sites (tertiary alicyclic amines) is 1. The zero-order chi connectivity index (χ0) is 14.8. The van der Waals surface area contributed by atoms with Gasteiger partial charge in [0.05, 0.1) is 5.41 Å². The van der Waals surface area contributed by atoms with E-state index < -0.39 is 11.4 Å². The van der Waals surface area contributed by atoms with Crippen LogP contribution in [-0.4, -0.2) is 35.1 Å². The average molecular weight is 281 g/mol. The predicted octanol–water partition coefficient (Wildman–Crippen LogP) is 3.92. The van der Waals surface area contributed by atoms with Crippen molar-refractivity contribution in [3.8, 4) is 0 Å². The molecule has 1 aliphatic heterocycles. The van der Waals surface area contributed by atoms with E-state index in [1.165, 1.54) is 25.7 Å². The first-order valence-corrected chi connectivity index (χ1v) is 8.36. The van der Waals surface area contributed by atoms with Gasteiger partial charge in [-0.1, -0.05) is 27.2 Å². The third kappa shape index (κ3) is 3.36. The normalized spacial score (nSPS) is 27.4. The molecule has 1 aliphatic carbocycles. The Bertz CT molecular complexity index is 333. The molecule has 2 rings (SSSR count). The summed E-state index contributed by atoms with van der Waals surface area (Å²) in [6.07, 6.45) is 8.71. The summed E-state index contributed by atoms with van der Waals surface area (Å²) < 4.78 is 0. The highest BCUT2D eigenvalue weighted by Crippen LogP contribution is 2.41. The summed E-state index contributed by atoms with van der Waals surface area (Å²) >= 11 is 0. The van der Waals surface area contributed by atoms with Crippen LogP contribution in [0.25, 0.3) is 0 Å². The minimum Gasteiger partial charge on any atom is -0.481 e. The van der Waals surface area contributed by atoms with E-state index in [9.17, 15) is 9.90 Å². The molecule has 1 saturated heterocycles. The number of aliphatic carboxylic acids is 1. The second-order valence-corrected chi connectivity index (χ2v) is 7.77. The summed E-state index contributed by atoms with van der Waals surface area (Å²) in [5.74, 6) is -0.566. The van der Waals surface area contributed by atoms with E-state index in [2.05, 4.69) is 25.7 Å². The Morgan fingerprint density at radius 2 is 1.70 bits per heavy atom. The summed E-state index contributed by atoms with van der Waals surface area (Å²) in [6.45, 7) is 8.81. The van der Waals surface area contributed by atoms with Crippen LogP contribution in [0, 0.1) is 10.8 Å². The number of carboxylic acids is 1. The van der Waals surface area contributed by atoms with Crippen molar-refractivity contribution in [2.24, 2.45) is 10.8 Å². The molecule has 0 unspecified atom stereocenters. The van der Waals surface area contributed by atoms with Crippen LogP contribution in [0.2, 0.25) is 0 Å². The largest absolute Gasteiger partial charge is 0.481 e. The molecule has 0 aromatic rings. The molecule has 0 radical (unpaired) electrons. The number of rotatable bonds is 4. The summed E-state index contributed by atoms with van der Waals surface area (Å²) in [6, 6.07) is 0.705. The molecule has 20 heavy (non-hydrogen) atoms. The van der Waals surface area contributed by atoms with Crippen LogP contribution in [0.4, 0.5) is 0 Å². The Balaban J connectivity index is 1.89. The van der Waals surface area contributed by atoms with Gasteiger partial charge in [0, 0.05) is 6.04 Å². The van der Waals surface area contributed by atoms with Crippen molar-refractivity contribution < 1.29 is 9.90 Å². The predicted molar refractivity (Wildman–Crippen MR) is 81.8 cm³/mol. The van der Waals surface area contributed by atoms with Gasteiger partial charge in [0.25, 0.3) is 0 Å². The van der Waals surface area contributed by atoms with E-state index >= 15 is 0 Å². The molecule has 3 heteroatoms. The summed E-state index contributed by atoms with van der Waals surface area (Å²) in [7, 11) is 0. The van der Waals surface area contributed by atoms with E-state index in [1.54, 1.807) is 0 Å². The van der Waals surface area contributed by atoms with Crippen molar-refractivity contribution in [1.82, 2.24) is 4.90 Å². The van der Waals surface area contributed by atoms with Gasteiger partial charge in [-0.05, 0) is 63.5 Å². The Hall–Kier alpha value is -0.570. The van der Waals surface area contributed by atoms with E-state index in [1.807, 2.05) is 0 Å². The maximum Gasteiger partial charge on any atom is 0.309 e. The van der Waals surface area contributed by atoms with Gasteiger partial charge in [-0.3, -0.25) is 4.79 Å². The molecule has 2 aliphatic rings. The van der Waals surface area contributed by atoms with Crippen molar-refractivity contribution in [3.05, 3.63) is 0 Å².